The molecule has 7 heteroatoms. The van der Waals surface area contributed by atoms with Crippen molar-refractivity contribution < 1.29 is 17.9 Å². The number of rotatable bonds is 9. The van der Waals surface area contributed by atoms with Gasteiger partial charge in [0.1, 0.15) is 5.75 Å². The highest BCUT2D eigenvalue weighted by Crippen LogP contribution is 2.26. The lowest BCUT2D eigenvalue weighted by atomic mass is 10.1. The van der Waals surface area contributed by atoms with Gasteiger partial charge in [0.15, 0.2) is 0 Å². The van der Waals surface area contributed by atoms with Crippen molar-refractivity contribution >= 4 is 21.6 Å². The second kappa shape index (κ2) is 10.8. The zero-order chi connectivity index (χ0) is 24.9. The third-order valence-corrected chi connectivity index (χ3v) is 7.64. The zero-order valence-corrected chi connectivity index (χ0v) is 21.2. The van der Waals surface area contributed by atoms with Crippen molar-refractivity contribution in [1.82, 2.24) is 4.31 Å². The van der Waals surface area contributed by atoms with Gasteiger partial charge in [0.2, 0.25) is 15.9 Å². The molecular weight excluding hydrogens is 448 g/mol. The first kappa shape index (κ1) is 25.5. The van der Waals surface area contributed by atoms with Crippen LogP contribution in [0, 0.1) is 20.8 Å². The number of amides is 1. The van der Waals surface area contributed by atoms with Crippen LogP contribution < -0.4 is 9.64 Å². The van der Waals surface area contributed by atoms with Crippen LogP contribution >= 0.6 is 0 Å². The molecule has 0 saturated heterocycles. The number of sulfonamides is 1. The number of ether oxygens (including phenoxy) is 1. The van der Waals surface area contributed by atoms with Gasteiger partial charge in [-0.2, -0.15) is 4.31 Å². The average molecular weight is 481 g/mol. The molecule has 6 nitrogen and oxygen atoms in total. The maximum atomic E-state index is 13.7. The van der Waals surface area contributed by atoms with E-state index in [0.717, 1.165) is 27.9 Å². The Kier molecular flexibility index (Phi) is 8.12. The van der Waals surface area contributed by atoms with E-state index in [-0.39, 0.29) is 23.9 Å². The molecule has 0 aliphatic rings. The van der Waals surface area contributed by atoms with Crippen LogP contribution in [0.1, 0.15) is 29.2 Å². The molecule has 0 atom stereocenters. The Morgan fingerprint density at radius 3 is 2.21 bits per heavy atom. The maximum Gasteiger partial charge on any atom is 0.243 e. The number of nitrogens with zero attached hydrogens (tertiary/aromatic N) is 2. The van der Waals surface area contributed by atoms with Crippen LogP contribution in [0.2, 0.25) is 0 Å². The lowest BCUT2D eigenvalue weighted by Crippen LogP contribution is -2.41. The summed E-state index contributed by atoms with van der Waals surface area (Å²) in [6.45, 7) is 7.97. The van der Waals surface area contributed by atoms with Crippen molar-refractivity contribution in [1.29, 1.82) is 0 Å². The van der Waals surface area contributed by atoms with Gasteiger partial charge in [-0.25, -0.2) is 8.42 Å². The van der Waals surface area contributed by atoms with Gasteiger partial charge in [0.05, 0.1) is 18.0 Å². The first-order valence-corrected chi connectivity index (χ1v) is 12.7. The Bertz CT molecular complexity index is 1260. The SMILES string of the molecule is CCOc1ccc(S(=O)(=O)N(CC(=O)N(C)c2ccc(C)c(C)c2)Cc2ccccc2)cc1C. The largest absolute Gasteiger partial charge is 0.494 e. The van der Waals surface area contributed by atoms with E-state index in [1.165, 1.54) is 15.3 Å². The standard InChI is InChI=1S/C27H32N2O4S/c1-6-33-26-15-14-25(17-22(26)4)34(31,32)29(18-23-10-8-7-9-11-23)19-27(30)28(5)24-13-12-20(2)21(3)16-24/h7-17H,6,18-19H2,1-5H3. The molecule has 0 fully saturated rings. The predicted molar refractivity (Wildman–Crippen MR) is 136 cm³/mol. The smallest absolute Gasteiger partial charge is 0.243 e. The molecule has 0 radical (unpaired) electrons. The normalized spacial score (nSPS) is 11.5. The van der Waals surface area contributed by atoms with Crippen molar-refractivity contribution in [3.63, 3.8) is 0 Å². The molecule has 0 aliphatic heterocycles. The van der Waals surface area contributed by atoms with E-state index in [9.17, 15) is 13.2 Å². The minimum Gasteiger partial charge on any atom is -0.494 e. The van der Waals surface area contributed by atoms with Crippen molar-refractivity contribution in [2.75, 3.05) is 25.1 Å². The van der Waals surface area contributed by atoms with E-state index in [1.807, 2.05) is 76.2 Å². The molecule has 0 unspecified atom stereocenters. The quantitative estimate of drug-likeness (QED) is 0.439. The maximum absolute atomic E-state index is 13.7. The number of benzene rings is 3. The number of hydrogen-bond donors (Lipinski definition) is 0. The molecule has 0 aromatic heterocycles. The molecule has 3 rings (SSSR count). The summed E-state index contributed by atoms with van der Waals surface area (Å²) in [5, 5.41) is 0. The van der Waals surface area contributed by atoms with Crippen LogP contribution in [-0.2, 0) is 21.4 Å². The first-order chi connectivity index (χ1) is 16.1. The summed E-state index contributed by atoms with van der Waals surface area (Å²) in [7, 11) is -2.28. The van der Waals surface area contributed by atoms with E-state index in [4.69, 9.17) is 4.74 Å². The molecule has 0 N–H and O–H groups in total. The highest BCUT2D eigenvalue weighted by atomic mass is 32.2. The van der Waals surface area contributed by atoms with Gasteiger partial charge in [-0.3, -0.25) is 4.79 Å². The van der Waals surface area contributed by atoms with Crippen LogP contribution in [0.4, 0.5) is 5.69 Å². The summed E-state index contributed by atoms with van der Waals surface area (Å²) in [6.07, 6.45) is 0. The molecule has 3 aromatic rings. The van der Waals surface area contributed by atoms with E-state index in [1.54, 1.807) is 19.2 Å². The Morgan fingerprint density at radius 2 is 1.59 bits per heavy atom. The highest BCUT2D eigenvalue weighted by molar-refractivity contribution is 7.89. The summed E-state index contributed by atoms with van der Waals surface area (Å²) >= 11 is 0. The van der Waals surface area contributed by atoms with Gasteiger partial charge in [0, 0.05) is 19.3 Å². The van der Waals surface area contributed by atoms with E-state index < -0.39 is 10.0 Å². The lowest BCUT2D eigenvalue weighted by Gasteiger charge is -2.26. The first-order valence-electron chi connectivity index (χ1n) is 11.2. The number of aryl methyl sites for hydroxylation is 3. The number of hydrogen-bond acceptors (Lipinski definition) is 4. The van der Waals surface area contributed by atoms with Crippen molar-refractivity contribution in [2.45, 2.75) is 39.1 Å². The number of carbonyl (C=O) groups excluding carboxylic acids is 1. The average Bonchev–Trinajstić information content (AvgIpc) is 2.82. The van der Waals surface area contributed by atoms with Gasteiger partial charge in [-0.1, -0.05) is 36.4 Å². The van der Waals surface area contributed by atoms with Crippen LogP contribution in [0.15, 0.2) is 71.6 Å². The fraction of sp³-hybridized carbons (Fsp3) is 0.296. The minimum absolute atomic E-state index is 0.0853. The molecule has 0 spiro atoms. The van der Waals surface area contributed by atoms with Crippen LogP contribution in [0.5, 0.6) is 5.75 Å². The van der Waals surface area contributed by atoms with Gasteiger partial charge < -0.3 is 9.64 Å². The summed E-state index contributed by atoms with van der Waals surface area (Å²) in [4.78, 5) is 14.9. The van der Waals surface area contributed by atoms with Gasteiger partial charge >= 0.3 is 0 Å². The Balaban J connectivity index is 1.93. The van der Waals surface area contributed by atoms with E-state index in [2.05, 4.69) is 0 Å². The molecular formula is C27H32N2O4S. The molecule has 34 heavy (non-hydrogen) atoms. The molecule has 3 aromatic carbocycles. The fourth-order valence-electron chi connectivity index (χ4n) is 3.60. The number of carbonyl (C=O) groups is 1. The van der Waals surface area contributed by atoms with Gasteiger partial charge in [-0.05, 0) is 80.3 Å². The molecule has 0 bridgehead atoms. The van der Waals surface area contributed by atoms with E-state index >= 15 is 0 Å². The van der Waals surface area contributed by atoms with Crippen molar-refractivity contribution in [3.05, 3.63) is 89.0 Å². The molecule has 0 aliphatic carbocycles. The highest BCUT2D eigenvalue weighted by Gasteiger charge is 2.29. The minimum atomic E-state index is -3.95. The Morgan fingerprint density at radius 1 is 0.882 bits per heavy atom. The zero-order valence-electron chi connectivity index (χ0n) is 20.4. The van der Waals surface area contributed by atoms with Gasteiger partial charge in [-0.15, -0.1) is 0 Å². The third kappa shape index (κ3) is 5.85. The molecule has 180 valence electrons. The predicted octanol–water partition coefficient (Wildman–Crippen LogP) is 4.86. The topological polar surface area (TPSA) is 66.9 Å². The van der Waals surface area contributed by atoms with Crippen LogP contribution in [-0.4, -0.2) is 38.8 Å². The number of anilines is 1. The second-order valence-electron chi connectivity index (χ2n) is 8.34. The monoisotopic (exact) mass is 480 g/mol. The van der Waals surface area contributed by atoms with Crippen LogP contribution in [0.25, 0.3) is 0 Å². The van der Waals surface area contributed by atoms with Crippen molar-refractivity contribution in [2.24, 2.45) is 0 Å². The third-order valence-electron chi connectivity index (χ3n) is 5.85. The van der Waals surface area contributed by atoms with Gasteiger partial charge in [0.25, 0.3) is 0 Å². The summed E-state index contributed by atoms with van der Waals surface area (Å²) in [5.74, 6) is 0.326. The molecule has 1 amide bonds. The number of likely N-dealkylation sites (N-methyl/N-ethyl adjacent to an activating group) is 1. The fourth-order valence-corrected chi connectivity index (χ4v) is 5.06. The van der Waals surface area contributed by atoms with E-state index in [0.29, 0.717) is 12.4 Å². The molecule has 0 saturated carbocycles. The summed E-state index contributed by atoms with van der Waals surface area (Å²) in [6, 6.07) is 19.8. The summed E-state index contributed by atoms with van der Waals surface area (Å²) in [5.41, 5.74) is 4.44. The van der Waals surface area contributed by atoms with Crippen molar-refractivity contribution in [3.8, 4) is 5.75 Å². The Labute approximate surface area is 202 Å². The van der Waals surface area contributed by atoms with Crippen LogP contribution in [0.3, 0.4) is 0 Å². The Hall–Kier alpha value is -3.16. The summed E-state index contributed by atoms with van der Waals surface area (Å²) < 4.78 is 34.1. The lowest BCUT2D eigenvalue weighted by molar-refractivity contribution is -0.118. The second-order valence-corrected chi connectivity index (χ2v) is 10.3. The molecule has 0 heterocycles.